The van der Waals surface area contributed by atoms with Crippen molar-refractivity contribution in [2.45, 2.75) is 62.7 Å². The highest BCUT2D eigenvalue weighted by atomic mass is 32.2. The number of piperidine rings is 2. The van der Waals surface area contributed by atoms with E-state index in [1.807, 2.05) is 7.05 Å². The molecule has 1 saturated carbocycles. The van der Waals surface area contributed by atoms with Gasteiger partial charge in [0.05, 0.1) is 11.8 Å². The number of likely N-dealkylation sites (tertiary alicyclic amines) is 1. The van der Waals surface area contributed by atoms with E-state index in [0.717, 1.165) is 57.0 Å². The van der Waals surface area contributed by atoms with Crippen molar-refractivity contribution >= 4 is 10.0 Å². The summed E-state index contributed by atoms with van der Waals surface area (Å²) in [6, 6.07) is 0. The molecular formula is C17H29N5O2S. The van der Waals surface area contributed by atoms with Gasteiger partial charge in [0.25, 0.3) is 0 Å². The highest BCUT2D eigenvalue weighted by Gasteiger charge is 2.42. The van der Waals surface area contributed by atoms with Gasteiger partial charge in [-0.05, 0) is 51.6 Å². The Bertz CT molecular complexity index is 707. The van der Waals surface area contributed by atoms with Gasteiger partial charge < -0.3 is 4.57 Å². The quantitative estimate of drug-likeness (QED) is 0.788. The predicted octanol–water partition coefficient (Wildman–Crippen LogP) is 1.47. The van der Waals surface area contributed by atoms with E-state index in [2.05, 4.69) is 19.7 Å². The first-order chi connectivity index (χ1) is 12.1. The molecule has 25 heavy (non-hydrogen) atoms. The largest absolute Gasteiger partial charge is 0.317 e. The van der Waals surface area contributed by atoms with Crippen LogP contribution in [0, 0.1) is 0 Å². The molecule has 3 heterocycles. The van der Waals surface area contributed by atoms with Gasteiger partial charge in [-0.1, -0.05) is 6.42 Å². The molecule has 2 saturated heterocycles. The van der Waals surface area contributed by atoms with Gasteiger partial charge in [0, 0.05) is 26.1 Å². The molecule has 3 aliphatic rings. The fourth-order valence-corrected chi connectivity index (χ4v) is 6.07. The summed E-state index contributed by atoms with van der Waals surface area (Å²) in [5.41, 5.74) is 0. The van der Waals surface area contributed by atoms with Crippen LogP contribution in [0.1, 0.15) is 62.5 Å². The maximum atomic E-state index is 12.6. The molecule has 1 unspecified atom stereocenters. The Morgan fingerprint density at radius 1 is 1.00 bits per heavy atom. The fraction of sp³-hybridized carbons (Fsp3) is 0.882. The van der Waals surface area contributed by atoms with Gasteiger partial charge in [0.15, 0.2) is 0 Å². The first-order valence-electron chi connectivity index (χ1n) is 9.65. The Hall–Kier alpha value is -0.990. The van der Waals surface area contributed by atoms with Crippen LogP contribution >= 0.6 is 0 Å². The molecule has 140 valence electrons. The second-order valence-electron chi connectivity index (χ2n) is 7.81. The smallest absolute Gasteiger partial charge is 0.217 e. The highest BCUT2D eigenvalue weighted by Crippen LogP contribution is 2.35. The Balaban J connectivity index is 1.46. The van der Waals surface area contributed by atoms with Crippen molar-refractivity contribution in [1.29, 1.82) is 0 Å². The summed E-state index contributed by atoms with van der Waals surface area (Å²) >= 11 is 0. The number of aromatic nitrogens is 3. The third-order valence-electron chi connectivity index (χ3n) is 5.87. The minimum absolute atomic E-state index is 0.125. The molecule has 1 aromatic rings. The van der Waals surface area contributed by atoms with E-state index >= 15 is 0 Å². The molecule has 0 bridgehead atoms. The Labute approximate surface area is 150 Å². The third kappa shape index (κ3) is 3.61. The van der Waals surface area contributed by atoms with Crippen LogP contribution in [-0.2, 0) is 23.6 Å². The average molecular weight is 368 g/mol. The van der Waals surface area contributed by atoms with E-state index in [9.17, 15) is 8.42 Å². The summed E-state index contributed by atoms with van der Waals surface area (Å²) in [4.78, 5) is 2.45. The zero-order valence-corrected chi connectivity index (χ0v) is 15.9. The maximum Gasteiger partial charge on any atom is 0.217 e. The van der Waals surface area contributed by atoms with Crippen molar-refractivity contribution in [3.05, 3.63) is 11.6 Å². The Morgan fingerprint density at radius 2 is 1.76 bits per heavy atom. The van der Waals surface area contributed by atoms with Crippen molar-refractivity contribution in [1.82, 2.24) is 24.0 Å². The van der Waals surface area contributed by atoms with Gasteiger partial charge in [-0.15, -0.1) is 10.2 Å². The molecule has 8 heteroatoms. The zero-order chi connectivity index (χ0) is 17.4. The van der Waals surface area contributed by atoms with Crippen LogP contribution in [0.15, 0.2) is 0 Å². The van der Waals surface area contributed by atoms with Crippen LogP contribution in [0.5, 0.6) is 0 Å². The van der Waals surface area contributed by atoms with Crippen molar-refractivity contribution in [2.24, 2.45) is 7.05 Å². The second-order valence-corrected chi connectivity index (χ2v) is 10.0. The van der Waals surface area contributed by atoms with Gasteiger partial charge in [-0.3, -0.25) is 4.90 Å². The lowest BCUT2D eigenvalue weighted by molar-refractivity contribution is 0.213. The lowest BCUT2D eigenvalue weighted by Crippen LogP contribution is -2.41. The van der Waals surface area contributed by atoms with E-state index in [-0.39, 0.29) is 11.2 Å². The molecule has 0 radical (unpaired) electrons. The van der Waals surface area contributed by atoms with Gasteiger partial charge in [-0.2, -0.15) is 0 Å². The SMILES string of the molecule is Cn1c(CN2CCCCC2)nnc1C1CCCN(S(=O)(=O)C2CC2)C1. The van der Waals surface area contributed by atoms with Crippen LogP contribution in [0.25, 0.3) is 0 Å². The first kappa shape index (κ1) is 17.4. The van der Waals surface area contributed by atoms with Crippen LogP contribution < -0.4 is 0 Å². The molecule has 1 aromatic heterocycles. The van der Waals surface area contributed by atoms with Crippen molar-refractivity contribution in [3.8, 4) is 0 Å². The minimum Gasteiger partial charge on any atom is -0.317 e. The topological polar surface area (TPSA) is 71.3 Å². The lowest BCUT2D eigenvalue weighted by atomic mass is 9.99. The third-order valence-corrected chi connectivity index (χ3v) is 8.23. The molecule has 1 aliphatic carbocycles. The normalized spacial score (nSPS) is 26.8. The Kier molecular flexibility index (Phi) is 4.85. The molecular weight excluding hydrogens is 338 g/mol. The Morgan fingerprint density at radius 3 is 2.48 bits per heavy atom. The summed E-state index contributed by atoms with van der Waals surface area (Å²) in [6.07, 6.45) is 7.41. The highest BCUT2D eigenvalue weighted by molar-refractivity contribution is 7.90. The van der Waals surface area contributed by atoms with Crippen LogP contribution in [0.4, 0.5) is 0 Å². The summed E-state index contributed by atoms with van der Waals surface area (Å²) in [5, 5.41) is 8.75. The van der Waals surface area contributed by atoms with E-state index < -0.39 is 10.0 Å². The minimum atomic E-state index is -3.09. The lowest BCUT2D eigenvalue weighted by Gasteiger charge is -2.31. The van der Waals surface area contributed by atoms with E-state index in [1.54, 1.807) is 4.31 Å². The number of hydrogen-bond donors (Lipinski definition) is 0. The molecule has 0 spiro atoms. The fourth-order valence-electron chi connectivity index (χ4n) is 4.15. The molecule has 0 N–H and O–H groups in total. The molecule has 3 fully saturated rings. The number of sulfonamides is 1. The van der Waals surface area contributed by atoms with Gasteiger partial charge in [0.1, 0.15) is 11.6 Å². The van der Waals surface area contributed by atoms with E-state index in [4.69, 9.17) is 0 Å². The van der Waals surface area contributed by atoms with Crippen LogP contribution in [0.2, 0.25) is 0 Å². The van der Waals surface area contributed by atoms with Gasteiger partial charge in [-0.25, -0.2) is 12.7 Å². The van der Waals surface area contributed by atoms with E-state index in [0.29, 0.717) is 13.1 Å². The number of nitrogens with zero attached hydrogens (tertiary/aromatic N) is 5. The molecule has 0 amide bonds. The summed E-state index contributed by atoms with van der Waals surface area (Å²) in [7, 11) is -1.06. The summed E-state index contributed by atoms with van der Waals surface area (Å²) < 4.78 is 28.9. The van der Waals surface area contributed by atoms with Crippen LogP contribution in [-0.4, -0.2) is 63.8 Å². The van der Waals surface area contributed by atoms with Crippen molar-refractivity contribution < 1.29 is 8.42 Å². The molecule has 4 rings (SSSR count). The summed E-state index contributed by atoms with van der Waals surface area (Å²) in [5.74, 6) is 2.11. The molecule has 0 aromatic carbocycles. The maximum absolute atomic E-state index is 12.6. The average Bonchev–Trinajstić information content (AvgIpc) is 3.43. The number of rotatable bonds is 5. The van der Waals surface area contributed by atoms with E-state index in [1.165, 1.54) is 19.3 Å². The number of hydrogen-bond acceptors (Lipinski definition) is 5. The van der Waals surface area contributed by atoms with Crippen LogP contribution in [0.3, 0.4) is 0 Å². The van der Waals surface area contributed by atoms with Gasteiger partial charge in [0.2, 0.25) is 10.0 Å². The predicted molar refractivity (Wildman–Crippen MR) is 95.6 cm³/mol. The monoisotopic (exact) mass is 367 g/mol. The second kappa shape index (κ2) is 6.96. The standard InChI is InChI=1S/C17H29N5O2S/c1-20-16(13-21-9-3-2-4-10-21)18-19-17(20)14-6-5-11-22(12-14)25(23,24)15-7-8-15/h14-15H,2-13H2,1H3. The molecule has 1 atom stereocenters. The van der Waals surface area contributed by atoms with Crippen molar-refractivity contribution in [3.63, 3.8) is 0 Å². The first-order valence-corrected chi connectivity index (χ1v) is 11.2. The molecule has 2 aliphatic heterocycles. The summed E-state index contributed by atoms with van der Waals surface area (Å²) in [6.45, 7) is 4.35. The zero-order valence-electron chi connectivity index (χ0n) is 15.1. The van der Waals surface area contributed by atoms with Crippen molar-refractivity contribution in [2.75, 3.05) is 26.2 Å². The molecule has 7 nitrogen and oxygen atoms in total. The van der Waals surface area contributed by atoms with Gasteiger partial charge >= 0.3 is 0 Å².